The van der Waals surface area contributed by atoms with E-state index in [1.807, 2.05) is 11.6 Å². The van der Waals surface area contributed by atoms with E-state index in [4.69, 9.17) is 5.11 Å². The Morgan fingerprint density at radius 1 is 1.55 bits per heavy atom. The molecule has 0 unspecified atom stereocenters. The molecule has 2 heterocycles. The van der Waals surface area contributed by atoms with Gasteiger partial charge in [-0.2, -0.15) is 5.10 Å². The first-order chi connectivity index (χ1) is 9.60. The lowest BCUT2D eigenvalue weighted by Crippen LogP contribution is -2.03. The zero-order valence-electron chi connectivity index (χ0n) is 11.4. The Morgan fingerprint density at radius 3 is 3.05 bits per heavy atom. The standard InChI is InChI=1S/C12H16N4O2S2/c1-3-4-16-10(13-7-14-16)6-19-12-15-8(2)9(20-12)5-11(17)18/h7H,3-6H2,1-2H3,(H,17,18). The van der Waals surface area contributed by atoms with Crippen LogP contribution >= 0.6 is 23.1 Å². The summed E-state index contributed by atoms with van der Waals surface area (Å²) in [6.07, 6.45) is 2.62. The monoisotopic (exact) mass is 312 g/mol. The average Bonchev–Trinajstić information content (AvgIpc) is 2.95. The van der Waals surface area contributed by atoms with Crippen LogP contribution in [0.1, 0.15) is 29.7 Å². The molecule has 0 bridgehead atoms. The summed E-state index contributed by atoms with van der Waals surface area (Å²) in [5, 5.41) is 13.0. The minimum absolute atomic E-state index is 0.0378. The lowest BCUT2D eigenvalue weighted by molar-refractivity contribution is -0.136. The Hall–Kier alpha value is -1.41. The number of aryl methyl sites for hydroxylation is 2. The van der Waals surface area contributed by atoms with Crippen LogP contribution in [0, 0.1) is 6.92 Å². The molecule has 0 aromatic carbocycles. The van der Waals surface area contributed by atoms with E-state index in [2.05, 4.69) is 22.0 Å². The average molecular weight is 312 g/mol. The van der Waals surface area contributed by atoms with Crippen LogP contribution in [0.2, 0.25) is 0 Å². The highest BCUT2D eigenvalue weighted by atomic mass is 32.2. The van der Waals surface area contributed by atoms with Crippen molar-refractivity contribution in [2.24, 2.45) is 0 Å². The third-order valence-corrected chi connectivity index (χ3v) is 4.94. The van der Waals surface area contributed by atoms with Crippen LogP contribution < -0.4 is 0 Å². The molecule has 0 fully saturated rings. The lowest BCUT2D eigenvalue weighted by Gasteiger charge is -2.02. The SMILES string of the molecule is CCCn1ncnc1CSc1nc(C)c(CC(=O)O)s1. The molecule has 108 valence electrons. The van der Waals surface area contributed by atoms with Gasteiger partial charge in [0.2, 0.25) is 0 Å². The van der Waals surface area contributed by atoms with E-state index in [1.54, 1.807) is 18.1 Å². The summed E-state index contributed by atoms with van der Waals surface area (Å²) in [7, 11) is 0. The number of rotatable bonds is 7. The second-order valence-electron chi connectivity index (χ2n) is 4.25. The molecule has 0 aliphatic carbocycles. The van der Waals surface area contributed by atoms with Gasteiger partial charge in [0.15, 0.2) is 4.34 Å². The largest absolute Gasteiger partial charge is 0.481 e. The molecule has 0 saturated carbocycles. The summed E-state index contributed by atoms with van der Waals surface area (Å²) in [5.41, 5.74) is 0.801. The molecule has 1 N–H and O–H groups in total. The highest BCUT2D eigenvalue weighted by Crippen LogP contribution is 2.29. The van der Waals surface area contributed by atoms with Crippen molar-refractivity contribution in [3.05, 3.63) is 22.7 Å². The van der Waals surface area contributed by atoms with E-state index in [0.717, 1.165) is 33.7 Å². The van der Waals surface area contributed by atoms with Crippen LogP contribution in [0.15, 0.2) is 10.7 Å². The molecule has 6 nitrogen and oxygen atoms in total. The number of thioether (sulfide) groups is 1. The molecular weight excluding hydrogens is 296 g/mol. The summed E-state index contributed by atoms with van der Waals surface area (Å²) in [6.45, 7) is 4.80. The minimum Gasteiger partial charge on any atom is -0.481 e. The topological polar surface area (TPSA) is 80.9 Å². The number of aromatic nitrogens is 4. The van der Waals surface area contributed by atoms with Crippen molar-refractivity contribution in [3.63, 3.8) is 0 Å². The summed E-state index contributed by atoms with van der Waals surface area (Å²) in [5.74, 6) is 0.792. The molecular formula is C12H16N4O2S2. The van der Waals surface area contributed by atoms with Gasteiger partial charge in [-0.1, -0.05) is 18.7 Å². The summed E-state index contributed by atoms with van der Waals surface area (Å²) < 4.78 is 2.77. The van der Waals surface area contributed by atoms with Gasteiger partial charge in [-0.05, 0) is 13.3 Å². The predicted octanol–water partition coefficient (Wildman–Crippen LogP) is 2.37. The van der Waals surface area contributed by atoms with Gasteiger partial charge < -0.3 is 5.11 Å². The van der Waals surface area contributed by atoms with Crippen molar-refractivity contribution >= 4 is 29.1 Å². The molecule has 0 aliphatic heterocycles. The number of aliphatic carboxylic acids is 1. The van der Waals surface area contributed by atoms with Gasteiger partial charge in [-0.15, -0.1) is 11.3 Å². The smallest absolute Gasteiger partial charge is 0.308 e. The summed E-state index contributed by atoms with van der Waals surface area (Å²) in [4.78, 5) is 20.2. The van der Waals surface area contributed by atoms with E-state index >= 15 is 0 Å². The maximum Gasteiger partial charge on any atom is 0.308 e. The van der Waals surface area contributed by atoms with Crippen LogP contribution in [-0.4, -0.2) is 30.8 Å². The van der Waals surface area contributed by atoms with Crippen molar-refractivity contribution in [2.75, 3.05) is 0 Å². The third kappa shape index (κ3) is 3.80. The van der Waals surface area contributed by atoms with Crippen LogP contribution in [0.25, 0.3) is 0 Å². The number of thiazole rings is 1. The van der Waals surface area contributed by atoms with E-state index in [9.17, 15) is 4.79 Å². The Morgan fingerprint density at radius 2 is 2.35 bits per heavy atom. The molecule has 0 atom stereocenters. The van der Waals surface area contributed by atoms with Crippen LogP contribution in [-0.2, 0) is 23.5 Å². The highest BCUT2D eigenvalue weighted by molar-refractivity contribution is 8.00. The molecule has 2 aromatic rings. The second kappa shape index (κ2) is 6.85. The van der Waals surface area contributed by atoms with Crippen molar-refractivity contribution < 1.29 is 9.90 Å². The number of carboxylic acids is 1. The fraction of sp³-hybridized carbons (Fsp3) is 0.500. The van der Waals surface area contributed by atoms with Crippen molar-refractivity contribution in [1.82, 2.24) is 19.7 Å². The summed E-state index contributed by atoms with van der Waals surface area (Å²) >= 11 is 3.01. The summed E-state index contributed by atoms with van der Waals surface area (Å²) in [6, 6.07) is 0. The quantitative estimate of drug-likeness (QED) is 0.791. The fourth-order valence-electron chi connectivity index (χ4n) is 1.69. The van der Waals surface area contributed by atoms with E-state index < -0.39 is 5.97 Å². The Balaban J connectivity index is 2.00. The molecule has 0 amide bonds. The maximum atomic E-state index is 10.7. The second-order valence-corrected chi connectivity index (χ2v) is 6.55. The van der Waals surface area contributed by atoms with Crippen molar-refractivity contribution in [1.29, 1.82) is 0 Å². The maximum absolute atomic E-state index is 10.7. The van der Waals surface area contributed by atoms with E-state index in [-0.39, 0.29) is 6.42 Å². The van der Waals surface area contributed by atoms with Gasteiger partial charge in [0, 0.05) is 11.4 Å². The predicted molar refractivity (Wildman–Crippen MR) is 78.1 cm³/mol. The van der Waals surface area contributed by atoms with E-state index in [0.29, 0.717) is 5.75 Å². The molecule has 2 rings (SSSR count). The molecule has 8 heteroatoms. The first-order valence-electron chi connectivity index (χ1n) is 6.27. The first kappa shape index (κ1) is 15.0. The molecule has 0 spiro atoms. The molecule has 20 heavy (non-hydrogen) atoms. The number of nitrogens with zero attached hydrogens (tertiary/aromatic N) is 4. The normalized spacial score (nSPS) is 10.9. The van der Waals surface area contributed by atoms with Gasteiger partial charge in [0.05, 0.1) is 17.9 Å². The van der Waals surface area contributed by atoms with E-state index in [1.165, 1.54) is 11.3 Å². The Kier molecular flexibility index (Phi) is 5.13. The zero-order valence-corrected chi connectivity index (χ0v) is 13.0. The van der Waals surface area contributed by atoms with Crippen molar-refractivity contribution in [2.45, 2.75) is 43.3 Å². The van der Waals surface area contributed by atoms with Gasteiger partial charge in [-0.3, -0.25) is 4.79 Å². The van der Waals surface area contributed by atoms with Crippen LogP contribution in [0.4, 0.5) is 0 Å². The first-order valence-corrected chi connectivity index (χ1v) is 8.08. The number of hydrogen-bond acceptors (Lipinski definition) is 6. The van der Waals surface area contributed by atoms with Crippen molar-refractivity contribution in [3.8, 4) is 0 Å². The van der Waals surface area contributed by atoms with Crippen LogP contribution in [0.3, 0.4) is 0 Å². The number of carbonyl (C=O) groups is 1. The molecule has 0 aliphatic rings. The molecule has 2 aromatic heterocycles. The van der Waals surface area contributed by atoms with Crippen LogP contribution in [0.5, 0.6) is 0 Å². The Bertz CT molecular complexity index is 594. The molecule has 0 saturated heterocycles. The van der Waals surface area contributed by atoms with Gasteiger partial charge in [-0.25, -0.2) is 14.6 Å². The highest BCUT2D eigenvalue weighted by Gasteiger charge is 2.12. The molecule has 0 radical (unpaired) electrons. The van der Waals surface area contributed by atoms with Gasteiger partial charge >= 0.3 is 5.97 Å². The fourth-order valence-corrected chi connectivity index (χ4v) is 3.86. The zero-order chi connectivity index (χ0) is 14.5. The third-order valence-electron chi connectivity index (χ3n) is 2.64. The van der Waals surface area contributed by atoms with Gasteiger partial charge in [0.25, 0.3) is 0 Å². The lowest BCUT2D eigenvalue weighted by atomic mass is 10.3. The van der Waals surface area contributed by atoms with Gasteiger partial charge in [0.1, 0.15) is 12.2 Å². The number of hydrogen-bond donors (Lipinski definition) is 1. The Labute approximate surface area is 125 Å². The minimum atomic E-state index is -0.823. The number of carboxylic acid groups (broad SMARTS) is 1.